The molecule has 1 nitrogen and oxygen atoms in total. The van der Waals surface area contributed by atoms with Gasteiger partial charge in [0.2, 0.25) is 0 Å². The van der Waals surface area contributed by atoms with Crippen LogP contribution in [0.1, 0.15) is 22.9 Å². The molecule has 0 saturated heterocycles. The molecule has 1 aromatic carbocycles. The van der Waals surface area contributed by atoms with Crippen LogP contribution in [0.3, 0.4) is 0 Å². The van der Waals surface area contributed by atoms with Crippen molar-refractivity contribution in [2.45, 2.75) is 18.7 Å². The SMILES string of the molecule is Cc1c(Br)ccc2c1C(Cl)CCO2. The Morgan fingerprint density at radius 2 is 2.31 bits per heavy atom. The fourth-order valence-electron chi connectivity index (χ4n) is 1.61. The molecule has 3 heteroatoms. The summed E-state index contributed by atoms with van der Waals surface area (Å²) >= 11 is 9.71. The van der Waals surface area contributed by atoms with Crippen molar-refractivity contribution in [2.75, 3.05) is 6.61 Å². The van der Waals surface area contributed by atoms with E-state index >= 15 is 0 Å². The molecule has 1 heterocycles. The first kappa shape index (κ1) is 9.35. The lowest BCUT2D eigenvalue weighted by atomic mass is 10.0. The van der Waals surface area contributed by atoms with Crippen molar-refractivity contribution in [3.05, 3.63) is 27.7 Å². The zero-order valence-corrected chi connectivity index (χ0v) is 9.65. The van der Waals surface area contributed by atoms with Crippen LogP contribution in [0, 0.1) is 6.92 Å². The quantitative estimate of drug-likeness (QED) is 0.645. The van der Waals surface area contributed by atoms with Crippen molar-refractivity contribution >= 4 is 27.5 Å². The molecule has 0 N–H and O–H groups in total. The molecule has 0 fully saturated rings. The summed E-state index contributed by atoms with van der Waals surface area (Å²) in [5.74, 6) is 0.937. The van der Waals surface area contributed by atoms with Gasteiger partial charge in [0.15, 0.2) is 0 Å². The van der Waals surface area contributed by atoms with Crippen molar-refractivity contribution in [3.63, 3.8) is 0 Å². The third-order valence-corrected chi connectivity index (χ3v) is 3.65. The minimum atomic E-state index is 0.0984. The summed E-state index contributed by atoms with van der Waals surface area (Å²) in [6.45, 7) is 2.79. The molecule has 0 bridgehead atoms. The molecule has 1 aliphatic heterocycles. The van der Waals surface area contributed by atoms with Crippen LogP contribution in [-0.4, -0.2) is 6.61 Å². The standard InChI is InChI=1S/C10H10BrClO/c1-6-7(11)2-3-9-10(6)8(12)4-5-13-9/h2-3,8H,4-5H2,1H3. The predicted molar refractivity (Wildman–Crippen MR) is 57.6 cm³/mol. The highest BCUT2D eigenvalue weighted by atomic mass is 79.9. The van der Waals surface area contributed by atoms with E-state index in [9.17, 15) is 0 Å². The molecule has 1 unspecified atom stereocenters. The van der Waals surface area contributed by atoms with Crippen LogP contribution in [0.15, 0.2) is 16.6 Å². The van der Waals surface area contributed by atoms with Gasteiger partial charge in [0.1, 0.15) is 5.75 Å². The molecule has 0 aromatic heterocycles. The number of rotatable bonds is 0. The van der Waals surface area contributed by atoms with Crippen LogP contribution >= 0.6 is 27.5 Å². The Labute approximate surface area is 91.2 Å². The zero-order chi connectivity index (χ0) is 9.42. The summed E-state index contributed by atoms with van der Waals surface area (Å²) in [5, 5.41) is 0.0984. The second-order valence-corrected chi connectivity index (χ2v) is 4.57. The first-order chi connectivity index (χ1) is 6.20. The lowest BCUT2D eigenvalue weighted by Crippen LogP contribution is -2.12. The Balaban J connectivity index is 2.58. The van der Waals surface area contributed by atoms with Gasteiger partial charge >= 0.3 is 0 Å². The van der Waals surface area contributed by atoms with Gasteiger partial charge in [-0.25, -0.2) is 0 Å². The molecule has 0 radical (unpaired) electrons. The predicted octanol–water partition coefficient (Wildman–Crippen LogP) is 3.82. The average molecular weight is 262 g/mol. The van der Waals surface area contributed by atoms with E-state index in [0.717, 1.165) is 28.8 Å². The smallest absolute Gasteiger partial charge is 0.124 e. The maximum atomic E-state index is 6.22. The van der Waals surface area contributed by atoms with Crippen molar-refractivity contribution in [1.29, 1.82) is 0 Å². The Morgan fingerprint density at radius 3 is 3.08 bits per heavy atom. The number of hydrogen-bond donors (Lipinski definition) is 0. The fraction of sp³-hybridized carbons (Fsp3) is 0.400. The van der Waals surface area contributed by atoms with Crippen molar-refractivity contribution in [1.82, 2.24) is 0 Å². The highest BCUT2D eigenvalue weighted by Crippen LogP contribution is 2.40. The van der Waals surface area contributed by atoms with Crippen molar-refractivity contribution < 1.29 is 4.74 Å². The van der Waals surface area contributed by atoms with E-state index in [1.165, 1.54) is 5.56 Å². The van der Waals surface area contributed by atoms with E-state index < -0.39 is 0 Å². The maximum absolute atomic E-state index is 6.22. The molecule has 0 spiro atoms. The van der Waals surface area contributed by atoms with Gasteiger partial charge in [0.05, 0.1) is 12.0 Å². The van der Waals surface area contributed by atoms with E-state index in [1.54, 1.807) is 0 Å². The topological polar surface area (TPSA) is 9.23 Å². The van der Waals surface area contributed by atoms with E-state index in [-0.39, 0.29) is 5.38 Å². The molecule has 0 saturated carbocycles. The van der Waals surface area contributed by atoms with Gasteiger partial charge in [0, 0.05) is 16.5 Å². The van der Waals surface area contributed by atoms with E-state index in [4.69, 9.17) is 16.3 Å². The third kappa shape index (κ3) is 1.57. The Hall–Kier alpha value is -0.210. The van der Waals surface area contributed by atoms with Crippen LogP contribution in [0.5, 0.6) is 5.75 Å². The van der Waals surface area contributed by atoms with Crippen LogP contribution < -0.4 is 4.74 Å². The molecular formula is C10H10BrClO. The second-order valence-electron chi connectivity index (χ2n) is 3.19. The summed E-state index contributed by atoms with van der Waals surface area (Å²) in [4.78, 5) is 0. The van der Waals surface area contributed by atoms with Gasteiger partial charge in [-0.1, -0.05) is 15.9 Å². The highest BCUT2D eigenvalue weighted by molar-refractivity contribution is 9.10. The lowest BCUT2D eigenvalue weighted by Gasteiger charge is -2.23. The lowest BCUT2D eigenvalue weighted by molar-refractivity contribution is 0.284. The highest BCUT2D eigenvalue weighted by Gasteiger charge is 2.22. The normalized spacial score (nSPS) is 20.7. The Morgan fingerprint density at radius 1 is 1.54 bits per heavy atom. The summed E-state index contributed by atoms with van der Waals surface area (Å²) in [6.07, 6.45) is 0.895. The van der Waals surface area contributed by atoms with Crippen molar-refractivity contribution in [2.24, 2.45) is 0 Å². The summed E-state index contributed by atoms with van der Waals surface area (Å²) in [5.41, 5.74) is 2.33. The number of halogens is 2. The summed E-state index contributed by atoms with van der Waals surface area (Å²) in [7, 11) is 0. The number of alkyl halides is 1. The molecular weight excluding hydrogens is 251 g/mol. The summed E-state index contributed by atoms with van der Waals surface area (Å²) < 4.78 is 6.62. The molecule has 2 rings (SSSR count). The van der Waals surface area contributed by atoms with Crippen LogP contribution in [0.2, 0.25) is 0 Å². The average Bonchev–Trinajstić information content (AvgIpc) is 2.12. The minimum Gasteiger partial charge on any atom is -0.493 e. The largest absolute Gasteiger partial charge is 0.493 e. The molecule has 0 amide bonds. The fourth-order valence-corrected chi connectivity index (χ4v) is 2.31. The second kappa shape index (κ2) is 3.50. The molecule has 1 aromatic rings. The van der Waals surface area contributed by atoms with Gasteiger partial charge in [-0.15, -0.1) is 11.6 Å². The first-order valence-corrected chi connectivity index (χ1v) is 5.49. The van der Waals surface area contributed by atoms with E-state index in [0.29, 0.717) is 0 Å². The van der Waals surface area contributed by atoms with Gasteiger partial charge in [-0.2, -0.15) is 0 Å². The first-order valence-electron chi connectivity index (χ1n) is 4.26. The molecule has 1 atom stereocenters. The maximum Gasteiger partial charge on any atom is 0.124 e. The van der Waals surface area contributed by atoms with Gasteiger partial charge in [-0.3, -0.25) is 0 Å². The number of ether oxygens (including phenoxy) is 1. The Kier molecular flexibility index (Phi) is 2.52. The molecule has 13 heavy (non-hydrogen) atoms. The Bertz CT molecular complexity index is 338. The van der Waals surface area contributed by atoms with Gasteiger partial charge < -0.3 is 4.74 Å². The monoisotopic (exact) mass is 260 g/mol. The summed E-state index contributed by atoms with van der Waals surface area (Å²) in [6, 6.07) is 3.98. The number of fused-ring (bicyclic) bond motifs is 1. The van der Waals surface area contributed by atoms with Crippen molar-refractivity contribution in [3.8, 4) is 5.75 Å². The van der Waals surface area contributed by atoms with Crippen LogP contribution in [0.25, 0.3) is 0 Å². The van der Waals surface area contributed by atoms with E-state index in [1.807, 2.05) is 12.1 Å². The van der Waals surface area contributed by atoms with Gasteiger partial charge in [-0.05, 0) is 24.6 Å². The minimum absolute atomic E-state index is 0.0984. The molecule has 1 aliphatic rings. The van der Waals surface area contributed by atoms with E-state index in [2.05, 4.69) is 22.9 Å². The van der Waals surface area contributed by atoms with Crippen LogP contribution in [-0.2, 0) is 0 Å². The van der Waals surface area contributed by atoms with Crippen LogP contribution in [0.4, 0.5) is 0 Å². The number of benzene rings is 1. The zero-order valence-electron chi connectivity index (χ0n) is 7.31. The molecule has 70 valence electrons. The number of hydrogen-bond acceptors (Lipinski definition) is 1. The molecule has 0 aliphatic carbocycles. The third-order valence-electron chi connectivity index (χ3n) is 2.35. The van der Waals surface area contributed by atoms with Gasteiger partial charge in [0.25, 0.3) is 0 Å².